The van der Waals surface area contributed by atoms with Crippen molar-refractivity contribution in [2.45, 2.75) is 52.4 Å². The molecule has 6 heteroatoms. The molecule has 0 saturated carbocycles. The van der Waals surface area contributed by atoms with E-state index < -0.39 is 18.3 Å². The molecule has 0 unspecified atom stereocenters. The Morgan fingerprint density at radius 2 is 1.90 bits per heavy atom. The zero-order chi connectivity index (χ0) is 15.0. The summed E-state index contributed by atoms with van der Waals surface area (Å²) < 4.78 is 17.0. The molecule has 1 aromatic rings. The second kappa shape index (κ2) is 5.18. The minimum Gasteiger partial charge on any atom is -0.461 e. The lowest BCUT2D eigenvalue weighted by molar-refractivity contribution is -0.142. The first-order chi connectivity index (χ1) is 9.23. The van der Waals surface area contributed by atoms with E-state index in [0.717, 1.165) is 5.56 Å². The summed E-state index contributed by atoms with van der Waals surface area (Å²) in [6.45, 7) is 9.50. The van der Waals surface area contributed by atoms with Gasteiger partial charge in [0.05, 0.1) is 16.8 Å². The van der Waals surface area contributed by atoms with Crippen LogP contribution in [0.15, 0.2) is 18.3 Å². The van der Waals surface area contributed by atoms with Gasteiger partial charge in [-0.2, -0.15) is 0 Å². The maximum absolute atomic E-state index is 11.0. The van der Waals surface area contributed by atoms with E-state index in [1.807, 2.05) is 33.8 Å². The van der Waals surface area contributed by atoms with Crippen LogP contribution < -0.4 is 5.59 Å². The van der Waals surface area contributed by atoms with Crippen LogP contribution >= 0.6 is 0 Å². The van der Waals surface area contributed by atoms with Gasteiger partial charge in [-0.1, -0.05) is 6.07 Å². The maximum Gasteiger partial charge on any atom is 0.514 e. The van der Waals surface area contributed by atoms with E-state index in [2.05, 4.69) is 4.98 Å². The lowest BCUT2D eigenvalue weighted by Crippen LogP contribution is -2.41. The molecular formula is C14H20BNO4. The van der Waals surface area contributed by atoms with Crippen LogP contribution in [0.2, 0.25) is 0 Å². The Kier molecular flexibility index (Phi) is 3.89. The molecule has 20 heavy (non-hydrogen) atoms. The Morgan fingerprint density at radius 3 is 2.45 bits per heavy atom. The summed E-state index contributed by atoms with van der Waals surface area (Å²) in [5.74, 6) is -0.325. The monoisotopic (exact) mass is 277 g/mol. The summed E-state index contributed by atoms with van der Waals surface area (Å²) in [6.07, 6.45) is 1.68. The normalized spacial score (nSPS) is 19.9. The molecule has 2 heterocycles. The summed E-state index contributed by atoms with van der Waals surface area (Å²) in [6, 6.07) is 3.66. The van der Waals surface area contributed by atoms with E-state index in [1.54, 1.807) is 12.3 Å². The van der Waals surface area contributed by atoms with Gasteiger partial charge >= 0.3 is 13.1 Å². The summed E-state index contributed by atoms with van der Waals surface area (Å²) >= 11 is 0. The Labute approximate surface area is 119 Å². The molecule has 108 valence electrons. The Hall–Kier alpha value is -1.40. The molecule has 5 nitrogen and oxygen atoms in total. The predicted octanol–water partition coefficient (Wildman–Crippen LogP) is 1.44. The van der Waals surface area contributed by atoms with Crippen molar-refractivity contribution in [2.24, 2.45) is 0 Å². The average molecular weight is 277 g/mol. The number of carbonyl (C=O) groups excluding carboxylic acids is 1. The number of hydrogen-bond acceptors (Lipinski definition) is 5. The molecule has 2 rings (SSSR count). The molecule has 1 aliphatic heterocycles. The predicted molar refractivity (Wildman–Crippen MR) is 75.4 cm³/mol. The number of pyridine rings is 1. The molecule has 1 aliphatic rings. The van der Waals surface area contributed by atoms with Gasteiger partial charge in [0.15, 0.2) is 0 Å². The molecule has 1 fully saturated rings. The first-order valence-electron chi connectivity index (χ1n) is 6.66. The fourth-order valence-corrected chi connectivity index (χ4v) is 1.92. The number of ether oxygens (including phenoxy) is 1. The summed E-state index contributed by atoms with van der Waals surface area (Å²) in [5.41, 5.74) is 0.607. The van der Waals surface area contributed by atoms with Gasteiger partial charge in [-0.15, -0.1) is 0 Å². The van der Waals surface area contributed by atoms with Crippen LogP contribution in [-0.2, 0) is 25.4 Å². The SMILES string of the molecule is CC(=O)OCc1cccnc1B1OC(C)(C)C(C)(C)O1. The van der Waals surface area contributed by atoms with Crippen molar-refractivity contribution < 1.29 is 18.8 Å². The van der Waals surface area contributed by atoms with Crippen molar-refractivity contribution in [3.8, 4) is 0 Å². The molecule has 0 aromatic carbocycles. The van der Waals surface area contributed by atoms with Crippen molar-refractivity contribution in [3.05, 3.63) is 23.9 Å². The van der Waals surface area contributed by atoms with Gasteiger partial charge in [-0.3, -0.25) is 9.78 Å². The Bertz CT molecular complexity index is 500. The minimum atomic E-state index is -0.549. The summed E-state index contributed by atoms with van der Waals surface area (Å²) in [4.78, 5) is 15.3. The van der Waals surface area contributed by atoms with Crippen molar-refractivity contribution in [1.82, 2.24) is 4.98 Å². The first-order valence-corrected chi connectivity index (χ1v) is 6.66. The number of esters is 1. The smallest absolute Gasteiger partial charge is 0.461 e. The molecule has 0 bridgehead atoms. The summed E-state index contributed by atoms with van der Waals surface area (Å²) in [7, 11) is -0.549. The second-order valence-electron chi connectivity index (χ2n) is 5.92. The maximum atomic E-state index is 11.0. The fourth-order valence-electron chi connectivity index (χ4n) is 1.92. The van der Waals surface area contributed by atoms with Crippen molar-refractivity contribution in [2.75, 3.05) is 0 Å². The highest BCUT2D eigenvalue weighted by Gasteiger charge is 2.52. The molecule has 0 spiro atoms. The van der Waals surface area contributed by atoms with E-state index in [0.29, 0.717) is 5.59 Å². The van der Waals surface area contributed by atoms with E-state index >= 15 is 0 Å². The lowest BCUT2D eigenvalue weighted by Gasteiger charge is -2.32. The second-order valence-corrected chi connectivity index (χ2v) is 5.92. The fraction of sp³-hybridized carbons (Fsp3) is 0.571. The van der Waals surface area contributed by atoms with Crippen LogP contribution in [0.4, 0.5) is 0 Å². The third kappa shape index (κ3) is 2.86. The molecule has 0 aliphatic carbocycles. The van der Waals surface area contributed by atoms with E-state index in [1.165, 1.54) is 6.92 Å². The van der Waals surface area contributed by atoms with Crippen LogP contribution in [0.1, 0.15) is 40.2 Å². The number of rotatable bonds is 3. The number of nitrogens with zero attached hydrogens (tertiary/aromatic N) is 1. The average Bonchev–Trinajstić information content (AvgIpc) is 2.56. The van der Waals surface area contributed by atoms with Gasteiger partial charge < -0.3 is 14.0 Å². The zero-order valence-corrected chi connectivity index (χ0v) is 12.6. The molecule has 0 atom stereocenters. The number of aromatic nitrogens is 1. The third-order valence-corrected chi connectivity index (χ3v) is 3.83. The third-order valence-electron chi connectivity index (χ3n) is 3.83. The van der Waals surface area contributed by atoms with Crippen molar-refractivity contribution in [1.29, 1.82) is 0 Å². The van der Waals surface area contributed by atoms with Gasteiger partial charge in [0, 0.05) is 18.7 Å². The van der Waals surface area contributed by atoms with E-state index in [4.69, 9.17) is 14.0 Å². The molecule has 1 aromatic heterocycles. The van der Waals surface area contributed by atoms with Gasteiger partial charge in [0.2, 0.25) is 0 Å². The Morgan fingerprint density at radius 1 is 1.30 bits per heavy atom. The first kappa shape index (κ1) is 15.0. The van der Waals surface area contributed by atoms with Gasteiger partial charge in [-0.25, -0.2) is 0 Å². The standard InChI is InChI=1S/C14H20BNO4/c1-10(17)18-9-11-7-6-8-16-12(11)15-19-13(2,3)14(4,5)20-15/h6-8H,9H2,1-5H3. The highest BCUT2D eigenvalue weighted by atomic mass is 16.7. The number of carbonyl (C=O) groups is 1. The summed E-state index contributed by atoms with van der Waals surface area (Å²) in [5, 5.41) is 0. The molecule has 0 radical (unpaired) electrons. The van der Waals surface area contributed by atoms with Crippen LogP contribution in [0.5, 0.6) is 0 Å². The Balaban J connectivity index is 2.24. The van der Waals surface area contributed by atoms with Gasteiger partial charge in [0.25, 0.3) is 0 Å². The van der Waals surface area contributed by atoms with Gasteiger partial charge in [0.1, 0.15) is 6.61 Å². The van der Waals surface area contributed by atoms with Gasteiger partial charge in [-0.05, 0) is 33.8 Å². The van der Waals surface area contributed by atoms with Crippen LogP contribution in [-0.4, -0.2) is 29.3 Å². The molecule has 1 saturated heterocycles. The molecular weight excluding hydrogens is 257 g/mol. The van der Waals surface area contributed by atoms with Crippen molar-refractivity contribution >= 4 is 18.7 Å². The topological polar surface area (TPSA) is 57.7 Å². The lowest BCUT2D eigenvalue weighted by atomic mass is 9.81. The van der Waals surface area contributed by atoms with Crippen LogP contribution in [0, 0.1) is 0 Å². The quantitative estimate of drug-likeness (QED) is 0.618. The zero-order valence-electron chi connectivity index (χ0n) is 12.6. The van der Waals surface area contributed by atoms with E-state index in [9.17, 15) is 4.79 Å². The highest BCUT2D eigenvalue weighted by molar-refractivity contribution is 6.61. The van der Waals surface area contributed by atoms with Crippen LogP contribution in [0.25, 0.3) is 0 Å². The van der Waals surface area contributed by atoms with Crippen molar-refractivity contribution in [3.63, 3.8) is 0 Å². The van der Waals surface area contributed by atoms with Crippen LogP contribution in [0.3, 0.4) is 0 Å². The number of hydrogen-bond donors (Lipinski definition) is 0. The molecule has 0 N–H and O–H groups in total. The minimum absolute atomic E-state index is 0.169. The molecule has 0 amide bonds. The van der Waals surface area contributed by atoms with E-state index in [-0.39, 0.29) is 12.6 Å². The highest BCUT2D eigenvalue weighted by Crippen LogP contribution is 2.36. The largest absolute Gasteiger partial charge is 0.514 e.